The van der Waals surface area contributed by atoms with E-state index in [1.54, 1.807) is 0 Å². The highest BCUT2D eigenvalue weighted by molar-refractivity contribution is 7.47. The molecule has 0 saturated carbocycles. The van der Waals surface area contributed by atoms with Gasteiger partial charge in [-0.25, -0.2) is 9.13 Å². The Balaban J connectivity index is 5.21. The van der Waals surface area contributed by atoms with Crippen molar-refractivity contribution in [1.29, 1.82) is 0 Å². The van der Waals surface area contributed by atoms with Gasteiger partial charge in [0.15, 0.2) is 12.2 Å². The van der Waals surface area contributed by atoms with Crippen molar-refractivity contribution in [3.8, 4) is 0 Å². The van der Waals surface area contributed by atoms with Gasteiger partial charge in [0.1, 0.15) is 19.3 Å². The molecule has 0 aromatic rings. The Bertz CT molecular complexity index is 1910. The fraction of sp³-hybridized carbons (Fsp3) is 0.951. The number of unbranched alkanes of at least 4 members (excludes halogenated alkanes) is 52. The summed E-state index contributed by atoms with van der Waals surface area (Å²) in [5.74, 6) is -1.34. The quantitative estimate of drug-likeness (QED) is 0.0222. The second-order valence-corrected chi connectivity index (χ2v) is 32.3. The normalized spacial score (nSPS) is 14.1. The zero-order valence-electron chi connectivity index (χ0n) is 65.3. The van der Waals surface area contributed by atoms with Crippen molar-refractivity contribution in [2.24, 2.45) is 5.92 Å². The number of rotatable bonds is 81. The number of aliphatic hydroxyl groups is 1. The fourth-order valence-corrected chi connectivity index (χ4v) is 14.1. The lowest BCUT2D eigenvalue weighted by atomic mass is 9.99. The number of hydrogen-bond donors (Lipinski definition) is 3. The molecule has 100 heavy (non-hydrogen) atoms. The Morgan fingerprint density at radius 3 is 0.710 bits per heavy atom. The monoisotopic (exact) mass is 1470 g/mol. The van der Waals surface area contributed by atoms with Gasteiger partial charge >= 0.3 is 39.5 Å². The molecule has 3 N–H and O–H groups in total. The molecule has 0 aromatic heterocycles. The van der Waals surface area contributed by atoms with E-state index in [0.717, 1.165) is 95.8 Å². The first-order chi connectivity index (χ1) is 48.6. The van der Waals surface area contributed by atoms with E-state index in [9.17, 15) is 43.2 Å². The zero-order valence-corrected chi connectivity index (χ0v) is 67.1. The molecule has 0 aliphatic carbocycles. The maximum absolute atomic E-state index is 13.1. The average Bonchev–Trinajstić information content (AvgIpc) is 2.48. The number of esters is 4. The summed E-state index contributed by atoms with van der Waals surface area (Å²) >= 11 is 0. The summed E-state index contributed by atoms with van der Waals surface area (Å²) in [5, 5.41) is 10.6. The van der Waals surface area contributed by atoms with Crippen LogP contribution in [0.15, 0.2) is 0 Å². The molecule has 0 amide bonds. The Labute approximate surface area is 613 Å². The zero-order chi connectivity index (χ0) is 73.4. The van der Waals surface area contributed by atoms with Crippen LogP contribution in [0.2, 0.25) is 0 Å². The van der Waals surface area contributed by atoms with Crippen LogP contribution in [0.5, 0.6) is 0 Å². The maximum Gasteiger partial charge on any atom is 0.472 e. The van der Waals surface area contributed by atoms with Gasteiger partial charge in [0.2, 0.25) is 0 Å². The minimum atomic E-state index is -4.96. The molecule has 0 fully saturated rings. The summed E-state index contributed by atoms with van der Waals surface area (Å²) in [6, 6.07) is 0. The summed E-state index contributed by atoms with van der Waals surface area (Å²) in [6.45, 7) is 7.31. The SMILES string of the molecule is CCCCCCCCCCCCCCCCCCCCCCCC(=O)O[C@H](COC(=O)CCCCCCCCCCCCCCCCCCC)COP(=O)(O)OC[C@@H](O)COP(=O)(O)OC[C@@H](COC(=O)CCCCCCCCCCCC)OC(=O)CCCCCCCCCCC(C)CC. The second kappa shape index (κ2) is 73.9. The molecule has 0 aromatic carbocycles. The molecule has 3 unspecified atom stereocenters. The van der Waals surface area contributed by atoms with Crippen molar-refractivity contribution in [3.63, 3.8) is 0 Å². The van der Waals surface area contributed by atoms with Crippen molar-refractivity contribution in [3.05, 3.63) is 0 Å². The van der Waals surface area contributed by atoms with E-state index in [1.807, 2.05) is 0 Å². The first kappa shape index (κ1) is 98.1. The van der Waals surface area contributed by atoms with Crippen LogP contribution in [0.4, 0.5) is 0 Å². The second-order valence-electron chi connectivity index (χ2n) is 29.4. The highest BCUT2D eigenvalue weighted by Crippen LogP contribution is 2.45. The predicted molar refractivity (Wildman–Crippen MR) is 409 cm³/mol. The molecule has 0 saturated heterocycles. The van der Waals surface area contributed by atoms with Gasteiger partial charge in [0, 0.05) is 25.7 Å². The Kier molecular flexibility index (Phi) is 72.5. The summed E-state index contributed by atoms with van der Waals surface area (Å²) in [5.41, 5.74) is 0. The summed E-state index contributed by atoms with van der Waals surface area (Å²) in [7, 11) is -9.92. The van der Waals surface area contributed by atoms with Crippen LogP contribution in [-0.4, -0.2) is 96.7 Å². The van der Waals surface area contributed by atoms with Crippen molar-refractivity contribution in [1.82, 2.24) is 0 Å². The number of carbonyl (C=O) groups excluding carboxylic acids is 4. The van der Waals surface area contributed by atoms with Crippen LogP contribution < -0.4 is 0 Å². The van der Waals surface area contributed by atoms with Crippen molar-refractivity contribution in [2.75, 3.05) is 39.6 Å². The minimum absolute atomic E-state index is 0.106. The van der Waals surface area contributed by atoms with E-state index in [4.69, 9.17) is 37.0 Å². The van der Waals surface area contributed by atoms with Crippen LogP contribution in [0.3, 0.4) is 0 Å². The predicted octanol–water partition coefficient (Wildman–Crippen LogP) is 24.4. The van der Waals surface area contributed by atoms with Gasteiger partial charge in [0.05, 0.1) is 26.4 Å². The first-order valence-electron chi connectivity index (χ1n) is 42.2. The van der Waals surface area contributed by atoms with E-state index in [1.165, 1.54) is 257 Å². The molecule has 0 radical (unpaired) electrons. The lowest BCUT2D eigenvalue weighted by Crippen LogP contribution is -2.30. The van der Waals surface area contributed by atoms with Crippen LogP contribution in [0.1, 0.15) is 433 Å². The first-order valence-corrected chi connectivity index (χ1v) is 45.2. The number of hydrogen-bond acceptors (Lipinski definition) is 15. The van der Waals surface area contributed by atoms with E-state index < -0.39 is 97.5 Å². The number of phosphoric acid groups is 2. The minimum Gasteiger partial charge on any atom is -0.462 e. The number of aliphatic hydroxyl groups excluding tert-OH is 1. The molecule has 0 rings (SSSR count). The van der Waals surface area contributed by atoms with Crippen LogP contribution >= 0.6 is 15.6 Å². The smallest absolute Gasteiger partial charge is 0.462 e. The molecule has 0 bridgehead atoms. The summed E-state index contributed by atoms with van der Waals surface area (Å²) in [4.78, 5) is 73.0. The van der Waals surface area contributed by atoms with Gasteiger partial charge in [0.25, 0.3) is 0 Å². The van der Waals surface area contributed by atoms with E-state index in [2.05, 4.69) is 34.6 Å². The lowest BCUT2D eigenvalue weighted by Gasteiger charge is -2.21. The Morgan fingerprint density at radius 2 is 0.480 bits per heavy atom. The highest BCUT2D eigenvalue weighted by atomic mass is 31.2. The number of ether oxygens (including phenoxy) is 4. The van der Waals surface area contributed by atoms with E-state index in [0.29, 0.717) is 25.7 Å². The highest BCUT2D eigenvalue weighted by Gasteiger charge is 2.30. The lowest BCUT2D eigenvalue weighted by molar-refractivity contribution is -0.161. The largest absolute Gasteiger partial charge is 0.472 e. The third-order valence-electron chi connectivity index (χ3n) is 19.4. The standard InChI is InChI=1S/C81H158O17P2/c1-6-10-13-16-19-22-25-27-29-31-32-33-34-36-38-40-42-45-51-56-61-66-80(85)97-76(70-92-79(84)65-60-55-50-44-41-39-37-35-30-28-26-23-20-17-14-11-7-2)72-95-99(87,88)93-68-75(82)69-94-100(89,90)96-73-77(71-91-78(83)64-59-54-49-43-24-21-18-15-12-8-3)98-81(86)67-62-57-52-47-46-48-53-58-63-74(5)9-4/h74-77,82H,6-73H2,1-5H3,(H,87,88)(H,89,90)/t74?,75-,76-,77-/m1/s1. The molecular formula is C81H158O17P2. The summed E-state index contributed by atoms with van der Waals surface area (Å²) < 4.78 is 68.7. The topological polar surface area (TPSA) is 237 Å². The third kappa shape index (κ3) is 73.0. The maximum atomic E-state index is 13.1. The molecule has 0 aliphatic rings. The average molecular weight is 1470 g/mol. The third-order valence-corrected chi connectivity index (χ3v) is 21.3. The molecule has 0 heterocycles. The Morgan fingerprint density at radius 1 is 0.280 bits per heavy atom. The van der Waals surface area contributed by atoms with Gasteiger partial charge in [-0.15, -0.1) is 0 Å². The van der Waals surface area contributed by atoms with Crippen LogP contribution in [0.25, 0.3) is 0 Å². The van der Waals surface area contributed by atoms with Gasteiger partial charge in [-0.05, 0) is 31.6 Å². The molecule has 6 atom stereocenters. The van der Waals surface area contributed by atoms with E-state index in [-0.39, 0.29) is 25.7 Å². The molecule has 0 aliphatic heterocycles. The molecule has 19 heteroatoms. The van der Waals surface area contributed by atoms with Gasteiger partial charge in [-0.1, -0.05) is 381 Å². The molecule has 0 spiro atoms. The Hall–Kier alpha value is -1.94. The van der Waals surface area contributed by atoms with Gasteiger partial charge in [-0.3, -0.25) is 37.3 Å². The van der Waals surface area contributed by atoms with Crippen molar-refractivity contribution < 1.29 is 80.2 Å². The van der Waals surface area contributed by atoms with Crippen molar-refractivity contribution in [2.45, 2.75) is 451 Å². The van der Waals surface area contributed by atoms with Crippen LogP contribution in [-0.2, 0) is 65.4 Å². The van der Waals surface area contributed by atoms with Gasteiger partial charge in [-0.2, -0.15) is 0 Å². The molecular weight excluding hydrogens is 1310 g/mol. The molecule has 17 nitrogen and oxygen atoms in total. The number of phosphoric ester groups is 2. The van der Waals surface area contributed by atoms with E-state index >= 15 is 0 Å². The van der Waals surface area contributed by atoms with Crippen LogP contribution in [0, 0.1) is 5.92 Å². The molecule has 594 valence electrons. The summed E-state index contributed by atoms with van der Waals surface area (Å²) in [6.07, 6.45) is 65.3. The number of carbonyl (C=O) groups is 4. The fourth-order valence-electron chi connectivity index (χ4n) is 12.6. The van der Waals surface area contributed by atoms with Gasteiger partial charge < -0.3 is 33.8 Å². The van der Waals surface area contributed by atoms with Crippen molar-refractivity contribution >= 4 is 39.5 Å².